The summed E-state index contributed by atoms with van der Waals surface area (Å²) < 4.78 is 26.8. The van der Waals surface area contributed by atoms with Crippen molar-refractivity contribution in [3.8, 4) is 0 Å². The fourth-order valence-electron chi connectivity index (χ4n) is 3.53. The van der Waals surface area contributed by atoms with E-state index in [-0.39, 0.29) is 61.3 Å². The van der Waals surface area contributed by atoms with E-state index < -0.39 is 14.9 Å². The number of hydrogen-bond acceptors (Lipinski definition) is 6. The van der Waals surface area contributed by atoms with Gasteiger partial charge in [0.25, 0.3) is 5.69 Å². The molecule has 1 fully saturated rings. The second-order valence-corrected chi connectivity index (χ2v) is 9.45. The molecule has 2 aromatic rings. The molecule has 3 rings (SSSR count). The third-order valence-corrected chi connectivity index (χ3v) is 7.40. The molecule has 0 saturated carbocycles. The van der Waals surface area contributed by atoms with Crippen molar-refractivity contribution in [1.82, 2.24) is 9.21 Å². The van der Waals surface area contributed by atoms with Crippen LogP contribution in [0, 0.1) is 10.1 Å². The summed E-state index contributed by atoms with van der Waals surface area (Å²) in [6, 6.07) is 12.2. The molecule has 2 aromatic carbocycles. The molecule has 0 radical (unpaired) electrons. The van der Waals surface area contributed by atoms with E-state index in [9.17, 15) is 28.1 Å². The fourth-order valence-corrected chi connectivity index (χ4v) is 5.00. The highest BCUT2D eigenvalue weighted by molar-refractivity contribution is 7.89. The molecule has 32 heavy (non-hydrogen) atoms. The number of Topliss-reactive ketones (excluding diaryl/α,β-unsaturated/α-hetero) is 1. The largest absolute Gasteiger partial charge is 0.340 e. The molecular formula is C22H25N3O6S. The lowest BCUT2D eigenvalue weighted by atomic mass is 10.0. The average molecular weight is 460 g/mol. The Morgan fingerprint density at radius 1 is 1.00 bits per heavy atom. The number of carbonyl (C=O) groups is 2. The Morgan fingerprint density at radius 2 is 1.66 bits per heavy atom. The smallest absolute Gasteiger partial charge is 0.270 e. The van der Waals surface area contributed by atoms with Crippen LogP contribution in [0.25, 0.3) is 0 Å². The van der Waals surface area contributed by atoms with Gasteiger partial charge in [-0.25, -0.2) is 8.42 Å². The molecule has 0 N–H and O–H groups in total. The summed E-state index contributed by atoms with van der Waals surface area (Å²) in [7, 11) is -3.90. The number of non-ortho nitro benzene ring substituents is 1. The van der Waals surface area contributed by atoms with Crippen LogP contribution in [0.5, 0.6) is 0 Å². The zero-order chi connectivity index (χ0) is 23.3. The molecule has 10 heteroatoms. The number of nitro groups is 1. The highest BCUT2D eigenvalue weighted by atomic mass is 32.2. The van der Waals surface area contributed by atoms with E-state index >= 15 is 0 Å². The van der Waals surface area contributed by atoms with Crippen molar-refractivity contribution >= 4 is 27.4 Å². The molecule has 0 atom stereocenters. The third kappa shape index (κ3) is 5.38. The molecule has 0 aromatic heterocycles. The molecular weight excluding hydrogens is 434 g/mol. The van der Waals surface area contributed by atoms with Gasteiger partial charge in [0.2, 0.25) is 15.9 Å². The molecule has 9 nitrogen and oxygen atoms in total. The quantitative estimate of drug-likeness (QED) is 0.340. The van der Waals surface area contributed by atoms with Gasteiger partial charge in [-0.2, -0.15) is 4.31 Å². The first-order chi connectivity index (χ1) is 15.2. The monoisotopic (exact) mass is 459 g/mol. The molecule has 0 spiro atoms. The molecule has 1 amide bonds. The highest BCUT2D eigenvalue weighted by Gasteiger charge is 2.31. The van der Waals surface area contributed by atoms with E-state index in [0.717, 1.165) is 18.1 Å². The van der Waals surface area contributed by atoms with Crippen molar-refractivity contribution in [3.05, 3.63) is 69.8 Å². The van der Waals surface area contributed by atoms with Crippen molar-refractivity contribution in [3.63, 3.8) is 0 Å². The molecule has 170 valence electrons. The van der Waals surface area contributed by atoms with Crippen molar-refractivity contribution in [2.24, 2.45) is 0 Å². The van der Waals surface area contributed by atoms with Crippen LogP contribution in [0.4, 0.5) is 5.69 Å². The number of rotatable bonds is 8. The highest BCUT2D eigenvalue weighted by Crippen LogP contribution is 2.22. The maximum absolute atomic E-state index is 12.8. The van der Waals surface area contributed by atoms with Gasteiger partial charge in [0.1, 0.15) is 0 Å². The Balaban J connectivity index is 1.54. The molecule has 1 aliphatic rings. The number of benzene rings is 2. The zero-order valence-electron chi connectivity index (χ0n) is 17.8. The fraction of sp³-hybridized carbons (Fsp3) is 0.364. The Labute approximate surface area is 186 Å². The van der Waals surface area contributed by atoms with E-state index in [2.05, 4.69) is 0 Å². The van der Waals surface area contributed by atoms with E-state index in [1.165, 1.54) is 22.5 Å². The molecule has 1 heterocycles. The van der Waals surface area contributed by atoms with Crippen LogP contribution < -0.4 is 0 Å². The summed E-state index contributed by atoms with van der Waals surface area (Å²) in [6.45, 7) is 2.61. The second kappa shape index (κ2) is 10.0. The van der Waals surface area contributed by atoms with Crippen molar-refractivity contribution in [1.29, 1.82) is 0 Å². The third-order valence-electron chi connectivity index (χ3n) is 5.51. The summed E-state index contributed by atoms with van der Waals surface area (Å²) in [5, 5.41) is 10.9. The van der Waals surface area contributed by atoms with Gasteiger partial charge in [-0.15, -0.1) is 0 Å². The number of sulfonamides is 1. The minimum Gasteiger partial charge on any atom is -0.340 e. The maximum atomic E-state index is 12.8. The number of nitro benzene ring substituents is 1. The van der Waals surface area contributed by atoms with E-state index in [4.69, 9.17) is 0 Å². The Morgan fingerprint density at radius 3 is 2.25 bits per heavy atom. The Kier molecular flexibility index (Phi) is 7.37. The number of piperazine rings is 1. The van der Waals surface area contributed by atoms with E-state index in [0.29, 0.717) is 5.56 Å². The van der Waals surface area contributed by atoms with Gasteiger partial charge in [-0.1, -0.05) is 37.3 Å². The Bertz CT molecular complexity index is 1110. The lowest BCUT2D eigenvalue weighted by Crippen LogP contribution is -2.50. The first-order valence-electron chi connectivity index (χ1n) is 10.4. The van der Waals surface area contributed by atoms with Crippen LogP contribution in [0.15, 0.2) is 53.4 Å². The number of ketones is 1. The van der Waals surface area contributed by atoms with Gasteiger partial charge in [0.15, 0.2) is 5.78 Å². The zero-order valence-corrected chi connectivity index (χ0v) is 18.6. The van der Waals surface area contributed by atoms with Crippen molar-refractivity contribution in [2.75, 3.05) is 26.2 Å². The predicted octanol–water partition coefficient (Wildman–Crippen LogP) is 2.65. The van der Waals surface area contributed by atoms with Crippen LogP contribution in [0.3, 0.4) is 0 Å². The van der Waals surface area contributed by atoms with Crippen LogP contribution in [-0.4, -0.2) is 60.4 Å². The second-order valence-electron chi connectivity index (χ2n) is 7.51. The first kappa shape index (κ1) is 23.6. The lowest BCUT2D eigenvalue weighted by molar-refractivity contribution is -0.385. The average Bonchev–Trinajstić information content (AvgIpc) is 2.82. The van der Waals surface area contributed by atoms with Gasteiger partial charge >= 0.3 is 0 Å². The van der Waals surface area contributed by atoms with Gasteiger partial charge in [-0.05, 0) is 18.1 Å². The SMILES string of the molecule is CCc1ccc(C(=O)CCC(=O)N2CCN(S(=O)(=O)c3cccc([N+](=O)[O-])c3)CC2)cc1. The van der Waals surface area contributed by atoms with Crippen molar-refractivity contribution in [2.45, 2.75) is 31.1 Å². The van der Waals surface area contributed by atoms with Gasteiger partial charge in [0, 0.05) is 56.7 Å². The molecule has 1 saturated heterocycles. The number of aryl methyl sites for hydroxylation is 1. The predicted molar refractivity (Wildman–Crippen MR) is 118 cm³/mol. The summed E-state index contributed by atoms with van der Waals surface area (Å²) in [5.74, 6) is -0.302. The van der Waals surface area contributed by atoms with E-state index in [1.54, 1.807) is 17.0 Å². The minimum absolute atomic E-state index is 0.0615. The lowest BCUT2D eigenvalue weighted by Gasteiger charge is -2.34. The van der Waals surface area contributed by atoms with Crippen LogP contribution in [0.2, 0.25) is 0 Å². The van der Waals surface area contributed by atoms with E-state index in [1.807, 2.05) is 19.1 Å². The maximum Gasteiger partial charge on any atom is 0.270 e. The topological polar surface area (TPSA) is 118 Å². The standard InChI is InChI=1S/C22H25N3O6S/c1-2-17-6-8-18(9-7-17)21(26)10-11-22(27)23-12-14-24(15-13-23)32(30,31)20-5-3-4-19(16-20)25(28)29/h3-9,16H,2,10-15H2,1H3. The summed E-state index contributed by atoms with van der Waals surface area (Å²) in [4.78, 5) is 36.5. The van der Waals surface area contributed by atoms with Gasteiger partial charge in [-0.3, -0.25) is 19.7 Å². The summed E-state index contributed by atoms with van der Waals surface area (Å²) in [5.41, 5.74) is 1.41. The Hall–Kier alpha value is -3.11. The van der Waals surface area contributed by atoms with Crippen molar-refractivity contribution < 1.29 is 22.9 Å². The molecule has 0 unspecified atom stereocenters. The number of hydrogen-bond donors (Lipinski definition) is 0. The first-order valence-corrected chi connectivity index (χ1v) is 11.8. The molecule has 1 aliphatic heterocycles. The van der Waals surface area contributed by atoms with Crippen LogP contribution in [0.1, 0.15) is 35.7 Å². The van der Waals surface area contributed by atoms with Crippen LogP contribution in [-0.2, 0) is 21.2 Å². The van der Waals surface area contributed by atoms with Crippen LogP contribution >= 0.6 is 0 Å². The normalized spacial score (nSPS) is 14.8. The number of amides is 1. The number of carbonyl (C=O) groups excluding carboxylic acids is 2. The molecule has 0 bridgehead atoms. The van der Waals surface area contributed by atoms with Gasteiger partial charge < -0.3 is 4.90 Å². The summed E-state index contributed by atoms with van der Waals surface area (Å²) >= 11 is 0. The summed E-state index contributed by atoms with van der Waals surface area (Å²) in [6.07, 6.45) is 1.04. The minimum atomic E-state index is -3.90. The van der Waals surface area contributed by atoms with Gasteiger partial charge in [0.05, 0.1) is 9.82 Å². The number of nitrogens with zero attached hydrogens (tertiary/aromatic N) is 3. The molecule has 0 aliphatic carbocycles.